The van der Waals surface area contributed by atoms with E-state index in [0.29, 0.717) is 76.3 Å². The summed E-state index contributed by atoms with van der Waals surface area (Å²) < 4.78 is 17.5. The van der Waals surface area contributed by atoms with E-state index in [1.165, 1.54) is 0 Å². The maximum atomic E-state index is 14.0. The molecule has 3 saturated heterocycles. The number of hydrogen-bond donors (Lipinski definition) is 2. The number of carbonyl (C=O) groups is 3. The number of piperazine rings is 1. The number of carbonyl (C=O) groups excluding carboxylic acids is 3. The average Bonchev–Trinajstić information content (AvgIpc) is 3.29. The fourth-order valence-corrected chi connectivity index (χ4v) is 7.60. The number of rotatable bonds is 6. The number of para-hydroxylation sites is 1. The van der Waals surface area contributed by atoms with Gasteiger partial charge in [0.2, 0.25) is 0 Å². The van der Waals surface area contributed by atoms with E-state index in [1.807, 2.05) is 46.2 Å². The van der Waals surface area contributed by atoms with E-state index in [1.54, 1.807) is 4.90 Å². The lowest BCUT2D eigenvalue weighted by Gasteiger charge is -2.41. The molecule has 2 aromatic rings. The molecule has 2 N–H and O–H groups in total. The van der Waals surface area contributed by atoms with Crippen molar-refractivity contribution in [3.8, 4) is 11.5 Å². The molecular weight excluding hydrogens is 600 g/mol. The highest BCUT2D eigenvalue weighted by atomic mass is 16.6. The first-order valence-corrected chi connectivity index (χ1v) is 17.2. The van der Waals surface area contributed by atoms with Crippen LogP contribution >= 0.6 is 0 Å². The molecule has 12 nitrogen and oxygen atoms in total. The van der Waals surface area contributed by atoms with E-state index >= 15 is 0 Å². The largest absolute Gasteiger partial charge is 0.486 e. The van der Waals surface area contributed by atoms with Crippen LogP contribution in [0.2, 0.25) is 0 Å². The Morgan fingerprint density at radius 1 is 0.830 bits per heavy atom. The summed E-state index contributed by atoms with van der Waals surface area (Å²) in [7, 11) is 0. The number of urea groups is 1. The molecule has 0 aromatic heterocycles. The van der Waals surface area contributed by atoms with Crippen LogP contribution in [0.5, 0.6) is 11.5 Å². The number of anilines is 1. The Balaban J connectivity index is 0.987. The molecule has 252 valence electrons. The smallest absolute Gasteiger partial charge is 0.410 e. The molecule has 47 heavy (non-hydrogen) atoms. The van der Waals surface area contributed by atoms with Gasteiger partial charge in [0, 0.05) is 83.1 Å². The van der Waals surface area contributed by atoms with Crippen molar-refractivity contribution in [3.05, 3.63) is 53.6 Å². The summed E-state index contributed by atoms with van der Waals surface area (Å²) in [6, 6.07) is 14.0. The van der Waals surface area contributed by atoms with E-state index in [4.69, 9.17) is 14.2 Å². The van der Waals surface area contributed by atoms with Gasteiger partial charge in [-0.3, -0.25) is 9.69 Å². The third kappa shape index (κ3) is 7.28. The fraction of sp³-hybridized carbons (Fsp3) is 0.571. The summed E-state index contributed by atoms with van der Waals surface area (Å²) in [6.45, 7) is 7.90. The Morgan fingerprint density at radius 2 is 1.53 bits per heavy atom. The van der Waals surface area contributed by atoms with Gasteiger partial charge in [0.25, 0.3) is 5.91 Å². The minimum absolute atomic E-state index is 0.0282. The maximum Gasteiger partial charge on any atom is 0.410 e. The standard InChI is InChI=1S/C35H46N6O6/c42-33(39-14-8-27(9-15-39)38-19-12-36-13-20-38)32(24-25-5-6-30-31(23-25)46-22-21-45-30)47-35(44)40-16-10-28(11-17-40)41-18-7-26-3-1-2-4-29(26)37-34(41)43/h1-6,23,27-28,32,36H,7-22,24H2,(H,37,43)/t32-/m1/s1. The predicted molar refractivity (Wildman–Crippen MR) is 176 cm³/mol. The summed E-state index contributed by atoms with van der Waals surface area (Å²) in [5, 5.41) is 6.47. The van der Waals surface area contributed by atoms with Gasteiger partial charge in [0.1, 0.15) is 13.2 Å². The van der Waals surface area contributed by atoms with Crippen LogP contribution < -0.4 is 20.1 Å². The number of piperidine rings is 2. The van der Waals surface area contributed by atoms with Crippen molar-refractivity contribution < 1.29 is 28.6 Å². The number of hydrogen-bond acceptors (Lipinski definition) is 8. The van der Waals surface area contributed by atoms with Crippen LogP contribution in [0.1, 0.15) is 36.8 Å². The molecule has 0 unspecified atom stereocenters. The van der Waals surface area contributed by atoms with E-state index in [0.717, 1.165) is 62.3 Å². The van der Waals surface area contributed by atoms with Crippen molar-refractivity contribution >= 4 is 23.7 Å². The van der Waals surface area contributed by atoms with Crippen LogP contribution in [-0.4, -0.2) is 128 Å². The van der Waals surface area contributed by atoms with Crippen molar-refractivity contribution in [3.63, 3.8) is 0 Å². The molecule has 12 heteroatoms. The van der Waals surface area contributed by atoms with Gasteiger partial charge < -0.3 is 39.5 Å². The molecule has 4 amide bonds. The molecule has 7 rings (SSSR count). The first-order valence-electron chi connectivity index (χ1n) is 17.2. The third-order valence-electron chi connectivity index (χ3n) is 10.3. The molecule has 5 aliphatic heterocycles. The van der Waals surface area contributed by atoms with Crippen LogP contribution in [0.25, 0.3) is 0 Å². The first-order chi connectivity index (χ1) is 23.0. The van der Waals surface area contributed by atoms with Crippen molar-refractivity contribution in [1.82, 2.24) is 24.9 Å². The summed E-state index contributed by atoms with van der Waals surface area (Å²) in [5.74, 6) is 1.17. The lowest BCUT2D eigenvalue weighted by atomic mass is 10.0. The van der Waals surface area contributed by atoms with Gasteiger partial charge in [0.05, 0.1) is 0 Å². The summed E-state index contributed by atoms with van der Waals surface area (Å²) in [4.78, 5) is 48.7. The predicted octanol–water partition coefficient (Wildman–Crippen LogP) is 2.96. The topological polar surface area (TPSA) is 116 Å². The first kappa shape index (κ1) is 31.6. The Kier molecular flexibility index (Phi) is 9.66. The van der Waals surface area contributed by atoms with Crippen LogP contribution in [0.3, 0.4) is 0 Å². The molecule has 0 spiro atoms. The summed E-state index contributed by atoms with van der Waals surface area (Å²) in [5.41, 5.74) is 2.84. The molecule has 0 radical (unpaired) electrons. The number of amides is 4. The van der Waals surface area contributed by atoms with Crippen LogP contribution in [0, 0.1) is 0 Å². The monoisotopic (exact) mass is 646 g/mol. The highest BCUT2D eigenvalue weighted by Crippen LogP contribution is 2.32. The van der Waals surface area contributed by atoms with Gasteiger partial charge in [-0.1, -0.05) is 24.3 Å². The van der Waals surface area contributed by atoms with Crippen molar-refractivity contribution in [2.24, 2.45) is 0 Å². The van der Waals surface area contributed by atoms with E-state index < -0.39 is 12.2 Å². The van der Waals surface area contributed by atoms with Crippen LogP contribution in [0.4, 0.5) is 15.3 Å². The molecule has 0 saturated carbocycles. The van der Waals surface area contributed by atoms with Crippen molar-refractivity contribution in [2.45, 2.75) is 56.7 Å². The number of benzene rings is 2. The van der Waals surface area contributed by atoms with Gasteiger partial charge in [0.15, 0.2) is 17.6 Å². The van der Waals surface area contributed by atoms with Crippen LogP contribution in [-0.2, 0) is 22.4 Å². The Bertz CT molecular complexity index is 1430. The highest BCUT2D eigenvalue weighted by Gasteiger charge is 2.36. The highest BCUT2D eigenvalue weighted by molar-refractivity contribution is 5.91. The lowest BCUT2D eigenvalue weighted by molar-refractivity contribution is -0.142. The summed E-state index contributed by atoms with van der Waals surface area (Å²) in [6.07, 6.45) is 2.74. The average molecular weight is 647 g/mol. The van der Waals surface area contributed by atoms with Crippen LogP contribution in [0.15, 0.2) is 42.5 Å². The van der Waals surface area contributed by atoms with Gasteiger partial charge in [-0.05, 0) is 61.4 Å². The second-order valence-corrected chi connectivity index (χ2v) is 13.1. The van der Waals surface area contributed by atoms with Crippen molar-refractivity contribution in [1.29, 1.82) is 0 Å². The molecule has 5 heterocycles. The lowest BCUT2D eigenvalue weighted by Crippen LogP contribution is -2.54. The number of fused-ring (bicyclic) bond motifs is 2. The molecule has 1 atom stereocenters. The number of ether oxygens (including phenoxy) is 3. The maximum absolute atomic E-state index is 14.0. The number of nitrogens with zero attached hydrogens (tertiary/aromatic N) is 4. The zero-order valence-electron chi connectivity index (χ0n) is 27.0. The van der Waals surface area contributed by atoms with E-state index in [2.05, 4.69) is 21.6 Å². The zero-order chi connectivity index (χ0) is 32.2. The third-order valence-corrected chi connectivity index (χ3v) is 10.3. The van der Waals surface area contributed by atoms with Crippen molar-refractivity contribution in [2.75, 3.05) is 77.4 Å². The molecular formula is C35H46N6O6. The van der Waals surface area contributed by atoms with Gasteiger partial charge in [-0.25, -0.2) is 9.59 Å². The minimum Gasteiger partial charge on any atom is -0.486 e. The quantitative estimate of drug-likeness (QED) is 0.493. The van der Waals surface area contributed by atoms with E-state index in [-0.39, 0.29) is 24.4 Å². The molecule has 5 aliphatic rings. The molecule has 0 bridgehead atoms. The second-order valence-electron chi connectivity index (χ2n) is 13.1. The SMILES string of the molecule is O=C(O[C@H](Cc1ccc2c(c1)OCCO2)C(=O)N1CCC(N2CCNCC2)CC1)N1CCC(N2CCc3ccccc3NC2=O)CC1. The summed E-state index contributed by atoms with van der Waals surface area (Å²) >= 11 is 0. The normalized spacial score (nSPS) is 21.8. The number of likely N-dealkylation sites (tertiary alicyclic amines) is 2. The van der Waals surface area contributed by atoms with Gasteiger partial charge >= 0.3 is 12.1 Å². The second kappa shape index (κ2) is 14.4. The van der Waals surface area contributed by atoms with Gasteiger partial charge in [-0.2, -0.15) is 0 Å². The molecule has 2 aromatic carbocycles. The Labute approximate surface area is 276 Å². The Hall–Kier alpha value is -4.03. The minimum atomic E-state index is -0.951. The number of nitrogens with one attached hydrogen (secondary N) is 2. The molecule has 3 fully saturated rings. The van der Waals surface area contributed by atoms with Gasteiger partial charge in [-0.15, -0.1) is 0 Å². The van der Waals surface area contributed by atoms with E-state index in [9.17, 15) is 14.4 Å². The zero-order valence-corrected chi connectivity index (χ0v) is 27.0. The molecule has 0 aliphatic carbocycles. The Morgan fingerprint density at radius 3 is 2.32 bits per heavy atom. The fourth-order valence-electron chi connectivity index (χ4n) is 7.60.